The van der Waals surface area contributed by atoms with Crippen molar-refractivity contribution < 1.29 is 4.79 Å². The van der Waals surface area contributed by atoms with Crippen LogP contribution in [0.1, 0.15) is 32.9 Å². The van der Waals surface area contributed by atoms with Crippen LogP contribution in [0.25, 0.3) is 0 Å². The first kappa shape index (κ1) is 14.6. The summed E-state index contributed by atoms with van der Waals surface area (Å²) in [5.74, 6) is 0.0906. The molecule has 0 saturated carbocycles. The van der Waals surface area contributed by atoms with Crippen LogP contribution in [-0.2, 0) is 11.2 Å². The maximum Gasteiger partial charge on any atom is 0.221 e. The smallest absolute Gasteiger partial charge is 0.221 e. The molecule has 0 spiro atoms. The molecule has 0 aliphatic rings. The highest BCUT2D eigenvalue weighted by Crippen LogP contribution is 1.98. The summed E-state index contributed by atoms with van der Waals surface area (Å²) in [5, 5.41) is 6.19. The monoisotopic (exact) mass is 249 g/mol. The van der Waals surface area contributed by atoms with Gasteiger partial charge in [-0.2, -0.15) is 0 Å². The van der Waals surface area contributed by atoms with Crippen molar-refractivity contribution >= 4 is 5.91 Å². The van der Waals surface area contributed by atoms with E-state index in [0.29, 0.717) is 13.0 Å². The third-order valence-electron chi connectivity index (χ3n) is 2.33. The van der Waals surface area contributed by atoms with Gasteiger partial charge in [0.15, 0.2) is 0 Å². The minimum atomic E-state index is -0.148. The van der Waals surface area contributed by atoms with E-state index in [0.717, 1.165) is 18.7 Å². The van der Waals surface area contributed by atoms with E-state index in [1.54, 1.807) is 6.20 Å². The van der Waals surface area contributed by atoms with Gasteiger partial charge >= 0.3 is 0 Å². The molecule has 0 bridgehead atoms. The topological polar surface area (TPSA) is 54.0 Å². The van der Waals surface area contributed by atoms with Crippen molar-refractivity contribution in [2.24, 2.45) is 0 Å². The number of rotatable bonds is 6. The zero-order valence-corrected chi connectivity index (χ0v) is 11.5. The SMILES string of the molecule is CC(C)(C)NC(=O)CCNCCc1ccccn1. The molecule has 4 nitrogen and oxygen atoms in total. The molecule has 0 atom stereocenters. The molecule has 0 radical (unpaired) electrons. The molecule has 0 fully saturated rings. The fraction of sp³-hybridized carbons (Fsp3) is 0.571. The van der Waals surface area contributed by atoms with Gasteiger partial charge in [-0.1, -0.05) is 6.07 Å². The quantitative estimate of drug-likeness (QED) is 0.752. The van der Waals surface area contributed by atoms with Crippen LogP contribution in [0.2, 0.25) is 0 Å². The van der Waals surface area contributed by atoms with E-state index in [2.05, 4.69) is 15.6 Å². The van der Waals surface area contributed by atoms with Crippen LogP contribution in [0.4, 0.5) is 0 Å². The van der Waals surface area contributed by atoms with Crippen LogP contribution < -0.4 is 10.6 Å². The zero-order chi connectivity index (χ0) is 13.4. The highest BCUT2D eigenvalue weighted by molar-refractivity contribution is 5.76. The molecule has 1 rings (SSSR count). The second kappa shape index (κ2) is 7.11. The van der Waals surface area contributed by atoms with Crippen molar-refractivity contribution in [2.45, 2.75) is 39.2 Å². The van der Waals surface area contributed by atoms with E-state index in [4.69, 9.17) is 0 Å². The van der Waals surface area contributed by atoms with Gasteiger partial charge in [-0.25, -0.2) is 0 Å². The molecule has 1 heterocycles. The van der Waals surface area contributed by atoms with Gasteiger partial charge in [-0.15, -0.1) is 0 Å². The summed E-state index contributed by atoms with van der Waals surface area (Å²) >= 11 is 0. The fourth-order valence-electron chi connectivity index (χ4n) is 1.57. The minimum absolute atomic E-state index is 0.0906. The lowest BCUT2D eigenvalue weighted by Crippen LogP contribution is -2.41. The van der Waals surface area contributed by atoms with Gasteiger partial charge in [-0.3, -0.25) is 9.78 Å². The molecule has 0 unspecified atom stereocenters. The first-order valence-corrected chi connectivity index (χ1v) is 6.39. The third kappa shape index (κ3) is 7.01. The first-order valence-electron chi connectivity index (χ1n) is 6.39. The Kier molecular flexibility index (Phi) is 5.78. The predicted octanol–water partition coefficient (Wildman–Crippen LogP) is 1.52. The molecular formula is C14H23N3O. The minimum Gasteiger partial charge on any atom is -0.351 e. The predicted molar refractivity (Wildman–Crippen MR) is 73.3 cm³/mol. The summed E-state index contributed by atoms with van der Waals surface area (Å²) in [6, 6.07) is 5.90. The number of amides is 1. The lowest BCUT2D eigenvalue weighted by Gasteiger charge is -2.20. The normalized spacial score (nSPS) is 11.3. The van der Waals surface area contributed by atoms with Gasteiger partial charge in [0.25, 0.3) is 0 Å². The van der Waals surface area contributed by atoms with Gasteiger partial charge in [0.1, 0.15) is 0 Å². The van der Waals surface area contributed by atoms with Gasteiger partial charge in [0.2, 0.25) is 5.91 Å². The Balaban J connectivity index is 2.07. The Morgan fingerprint density at radius 2 is 2.06 bits per heavy atom. The number of nitrogens with zero attached hydrogens (tertiary/aromatic N) is 1. The highest BCUT2D eigenvalue weighted by atomic mass is 16.1. The lowest BCUT2D eigenvalue weighted by atomic mass is 10.1. The lowest BCUT2D eigenvalue weighted by molar-refractivity contribution is -0.122. The van der Waals surface area contributed by atoms with E-state index in [-0.39, 0.29) is 11.4 Å². The number of hydrogen-bond donors (Lipinski definition) is 2. The molecule has 18 heavy (non-hydrogen) atoms. The Labute approximate surface area is 109 Å². The number of carbonyl (C=O) groups is 1. The van der Waals surface area contributed by atoms with E-state index in [1.807, 2.05) is 39.0 Å². The number of aromatic nitrogens is 1. The van der Waals surface area contributed by atoms with Gasteiger partial charge in [0, 0.05) is 43.4 Å². The second-order valence-corrected chi connectivity index (χ2v) is 5.37. The molecule has 0 aliphatic carbocycles. The molecule has 1 aromatic heterocycles. The van der Waals surface area contributed by atoms with Crippen molar-refractivity contribution in [1.82, 2.24) is 15.6 Å². The molecule has 1 amide bonds. The van der Waals surface area contributed by atoms with E-state index >= 15 is 0 Å². The Bertz CT molecular complexity index is 357. The largest absolute Gasteiger partial charge is 0.351 e. The Morgan fingerprint density at radius 1 is 1.28 bits per heavy atom. The average molecular weight is 249 g/mol. The van der Waals surface area contributed by atoms with Crippen molar-refractivity contribution in [3.05, 3.63) is 30.1 Å². The molecule has 0 aliphatic heterocycles. The summed E-state index contributed by atoms with van der Waals surface area (Å²) in [5.41, 5.74) is 0.926. The van der Waals surface area contributed by atoms with Crippen LogP contribution in [0, 0.1) is 0 Å². The van der Waals surface area contributed by atoms with Crippen molar-refractivity contribution in [1.29, 1.82) is 0 Å². The van der Waals surface area contributed by atoms with Gasteiger partial charge in [0.05, 0.1) is 0 Å². The van der Waals surface area contributed by atoms with Crippen LogP contribution in [0.3, 0.4) is 0 Å². The van der Waals surface area contributed by atoms with Crippen LogP contribution in [-0.4, -0.2) is 29.5 Å². The summed E-state index contributed by atoms with van der Waals surface area (Å²) in [6.07, 6.45) is 3.20. The number of carbonyl (C=O) groups excluding carboxylic acids is 1. The number of hydrogen-bond acceptors (Lipinski definition) is 3. The summed E-state index contributed by atoms with van der Waals surface area (Å²) in [4.78, 5) is 15.8. The van der Waals surface area contributed by atoms with Gasteiger partial charge < -0.3 is 10.6 Å². The third-order valence-corrected chi connectivity index (χ3v) is 2.33. The van der Waals surface area contributed by atoms with Crippen molar-refractivity contribution in [3.63, 3.8) is 0 Å². The van der Waals surface area contributed by atoms with Crippen molar-refractivity contribution in [3.8, 4) is 0 Å². The standard InChI is InChI=1S/C14H23N3O/c1-14(2,3)17-13(18)8-11-15-10-7-12-6-4-5-9-16-12/h4-6,9,15H,7-8,10-11H2,1-3H3,(H,17,18). The summed E-state index contributed by atoms with van der Waals surface area (Å²) in [7, 11) is 0. The zero-order valence-electron chi connectivity index (χ0n) is 11.5. The molecule has 100 valence electrons. The van der Waals surface area contributed by atoms with Gasteiger partial charge in [-0.05, 0) is 32.9 Å². The molecule has 1 aromatic rings. The molecule has 4 heteroatoms. The molecular weight excluding hydrogens is 226 g/mol. The van der Waals surface area contributed by atoms with E-state index < -0.39 is 0 Å². The van der Waals surface area contributed by atoms with Crippen LogP contribution >= 0.6 is 0 Å². The maximum atomic E-state index is 11.5. The Morgan fingerprint density at radius 3 is 2.67 bits per heavy atom. The van der Waals surface area contributed by atoms with Crippen LogP contribution in [0.5, 0.6) is 0 Å². The first-order chi connectivity index (χ1) is 8.47. The van der Waals surface area contributed by atoms with Crippen molar-refractivity contribution in [2.75, 3.05) is 13.1 Å². The van der Waals surface area contributed by atoms with E-state index in [1.165, 1.54) is 0 Å². The second-order valence-electron chi connectivity index (χ2n) is 5.37. The molecule has 0 aromatic carbocycles. The number of pyridine rings is 1. The maximum absolute atomic E-state index is 11.5. The van der Waals surface area contributed by atoms with E-state index in [9.17, 15) is 4.79 Å². The number of nitrogens with one attached hydrogen (secondary N) is 2. The fourth-order valence-corrected chi connectivity index (χ4v) is 1.57. The van der Waals surface area contributed by atoms with Crippen LogP contribution in [0.15, 0.2) is 24.4 Å². The molecule has 0 saturated heterocycles. The average Bonchev–Trinajstić information content (AvgIpc) is 2.27. The Hall–Kier alpha value is -1.42. The summed E-state index contributed by atoms with van der Waals surface area (Å²) < 4.78 is 0. The summed E-state index contributed by atoms with van der Waals surface area (Å²) in [6.45, 7) is 7.51. The highest BCUT2D eigenvalue weighted by Gasteiger charge is 2.12. The molecule has 2 N–H and O–H groups in total.